The van der Waals surface area contributed by atoms with E-state index in [1.165, 1.54) is 42.4 Å². The molecule has 1 heteroatoms. The van der Waals surface area contributed by atoms with Crippen LogP contribution in [-0.2, 0) is 0 Å². The second-order valence-corrected chi connectivity index (χ2v) is 7.53. The Morgan fingerprint density at radius 1 is 0.846 bits per heavy atom. The number of allylic oxidation sites excluding steroid dienone is 2. The van der Waals surface area contributed by atoms with Gasteiger partial charge < -0.3 is 0 Å². The molecule has 0 N–H and O–H groups in total. The minimum absolute atomic E-state index is 0.173. The number of halogens is 1. The number of rotatable bonds is 4. The van der Waals surface area contributed by atoms with Gasteiger partial charge in [-0.1, -0.05) is 65.7 Å². The van der Waals surface area contributed by atoms with Gasteiger partial charge in [-0.25, -0.2) is 4.39 Å². The molecule has 0 heterocycles. The van der Waals surface area contributed by atoms with E-state index < -0.39 is 0 Å². The van der Waals surface area contributed by atoms with Gasteiger partial charge in [-0.15, -0.1) is 0 Å². The van der Waals surface area contributed by atoms with E-state index in [0.29, 0.717) is 5.92 Å². The maximum atomic E-state index is 13.5. The number of benzene rings is 3. The molecule has 132 valence electrons. The van der Waals surface area contributed by atoms with E-state index in [-0.39, 0.29) is 5.82 Å². The molecule has 0 fully saturated rings. The predicted octanol–water partition coefficient (Wildman–Crippen LogP) is 7.31. The molecule has 1 unspecified atom stereocenters. The quantitative estimate of drug-likeness (QED) is 0.435. The van der Waals surface area contributed by atoms with Gasteiger partial charge in [0.2, 0.25) is 0 Å². The normalized spacial score (nSPS) is 15.7. The Labute approximate surface area is 155 Å². The van der Waals surface area contributed by atoms with Gasteiger partial charge in [0.15, 0.2) is 0 Å². The van der Waals surface area contributed by atoms with Crippen LogP contribution in [0.1, 0.15) is 54.7 Å². The first kappa shape index (κ1) is 17.0. The van der Waals surface area contributed by atoms with Crippen molar-refractivity contribution in [2.45, 2.75) is 44.9 Å². The maximum absolute atomic E-state index is 13.5. The highest BCUT2D eigenvalue weighted by molar-refractivity contribution is 5.83. The van der Waals surface area contributed by atoms with E-state index in [9.17, 15) is 4.39 Å². The summed E-state index contributed by atoms with van der Waals surface area (Å²) in [5.41, 5.74) is 5.56. The Kier molecular flexibility index (Phi) is 4.88. The lowest BCUT2D eigenvalue weighted by atomic mass is 9.82. The van der Waals surface area contributed by atoms with Crippen molar-refractivity contribution in [1.29, 1.82) is 0 Å². The van der Waals surface area contributed by atoms with E-state index in [2.05, 4.69) is 55.5 Å². The van der Waals surface area contributed by atoms with Crippen molar-refractivity contribution in [1.82, 2.24) is 0 Å². The molecule has 4 rings (SSSR count). The fourth-order valence-electron chi connectivity index (χ4n) is 4.03. The fourth-order valence-corrected chi connectivity index (χ4v) is 4.03. The van der Waals surface area contributed by atoms with Gasteiger partial charge in [0.25, 0.3) is 0 Å². The van der Waals surface area contributed by atoms with Gasteiger partial charge >= 0.3 is 0 Å². The van der Waals surface area contributed by atoms with Gasteiger partial charge in [0, 0.05) is 5.92 Å². The number of aryl methyl sites for hydroxylation is 1. The van der Waals surface area contributed by atoms with Crippen LogP contribution in [0.4, 0.5) is 4.39 Å². The van der Waals surface area contributed by atoms with Crippen molar-refractivity contribution >= 4 is 10.8 Å². The van der Waals surface area contributed by atoms with E-state index in [4.69, 9.17) is 0 Å². The van der Waals surface area contributed by atoms with Crippen molar-refractivity contribution in [2.75, 3.05) is 0 Å². The number of hydrogen-bond donors (Lipinski definition) is 0. The first-order valence-electron chi connectivity index (χ1n) is 9.63. The highest BCUT2D eigenvalue weighted by atomic mass is 19.1. The summed E-state index contributed by atoms with van der Waals surface area (Å²) >= 11 is 0. The largest absolute Gasteiger partial charge is 0.207 e. The highest BCUT2D eigenvalue weighted by Crippen LogP contribution is 2.35. The summed E-state index contributed by atoms with van der Waals surface area (Å²) in [6.07, 6.45) is 8.59. The Hall–Kier alpha value is -2.41. The SMILES string of the molecule is Cc1ccc(C(CC2=CCCCC2)c2ccc3cc(F)ccc3c2)cc1. The van der Waals surface area contributed by atoms with E-state index in [0.717, 1.165) is 17.2 Å². The summed E-state index contributed by atoms with van der Waals surface area (Å²) in [6.45, 7) is 2.13. The molecule has 26 heavy (non-hydrogen) atoms. The molecule has 1 aliphatic rings. The Morgan fingerprint density at radius 2 is 1.58 bits per heavy atom. The lowest BCUT2D eigenvalue weighted by molar-refractivity contribution is 0.629. The van der Waals surface area contributed by atoms with Crippen molar-refractivity contribution in [3.63, 3.8) is 0 Å². The van der Waals surface area contributed by atoms with Gasteiger partial charge in [0.1, 0.15) is 5.82 Å². The van der Waals surface area contributed by atoms with Crippen molar-refractivity contribution in [3.05, 3.63) is 94.8 Å². The van der Waals surface area contributed by atoms with Crippen LogP contribution in [-0.4, -0.2) is 0 Å². The molecular weight excluding hydrogens is 319 g/mol. The Morgan fingerprint density at radius 3 is 2.35 bits per heavy atom. The van der Waals surface area contributed by atoms with E-state index >= 15 is 0 Å². The average molecular weight is 344 g/mol. The summed E-state index contributed by atoms with van der Waals surface area (Å²) in [5.74, 6) is 0.182. The van der Waals surface area contributed by atoms with Gasteiger partial charge in [-0.05, 0) is 73.1 Å². The zero-order valence-electron chi connectivity index (χ0n) is 15.3. The molecule has 0 bridgehead atoms. The molecule has 0 spiro atoms. The van der Waals surface area contributed by atoms with Crippen LogP contribution in [0, 0.1) is 12.7 Å². The lowest BCUT2D eigenvalue weighted by Gasteiger charge is -2.22. The van der Waals surface area contributed by atoms with Crippen molar-refractivity contribution < 1.29 is 4.39 Å². The molecule has 0 saturated heterocycles. The molecule has 0 aliphatic heterocycles. The lowest BCUT2D eigenvalue weighted by Crippen LogP contribution is -2.05. The molecule has 3 aromatic rings. The molecule has 1 aliphatic carbocycles. The topological polar surface area (TPSA) is 0 Å². The second-order valence-electron chi connectivity index (χ2n) is 7.53. The molecule has 0 nitrogen and oxygen atoms in total. The standard InChI is InChI=1S/C25H25F/c1-18-7-9-20(10-8-18)25(15-19-5-3-2-4-6-19)23-12-11-22-17-24(26)14-13-21(22)16-23/h5,7-14,16-17,25H,2-4,6,15H2,1H3. The van der Waals surface area contributed by atoms with Crippen LogP contribution in [0.2, 0.25) is 0 Å². The van der Waals surface area contributed by atoms with E-state index in [1.807, 2.05) is 6.07 Å². The molecule has 0 aromatic heterocycles. The summed E-state index contributed by atoms with van der Waals surface area (Å²) in [4.78, 5) is 0. The first-order valence-corrected chi connectivity index (χ1v) is 9.63. The number of fused-ring (bicyclic) bond motifs is 1. The monoisotopic (exact) mass is 344 g/mol. The molecule has 0 amide bonds. The summed E-state index contributed by atoms with van der Waals surface area (Å²) in [7, 11) is 0. The van der Waals surface area contributed by atoms with Gasteiger partial charge in [0.05, 0.1) is 0 Å². The summed E-state index contributed by atoms with van der Waals surface area (Å²) in [6, 6.07) is 20.5. The molecule has 0 radical (unpaired) electrons. The Balaban J connectivity index is 1.74. The predicted molar refractivity (Wildman–Crippen MR) is 108 cm³/mol. The molecule has 0 saturated carbocycles. The van der Waals surface area contributed by atoms with Crippen LogP contribution < -0.4 is 0 Å². The van der Waals surface area contributed by atoms with Crippen LogP contribution in [0.5, 0.6) is 0 Å². The molecular formula is C25H25F. The van der Waals surface area contributed by atoms with Crippen molar-refractivity contribution in [2.24, 2.45) is 0 Å². The average Bonchev–Trinajstić information content (AvgIpc) is 2.67. The molecule has 3 aromatic carbocycles. The van der Waals surface area contributed by atoms with Gasteiger partial charge in [-0.2, -0.15) is 0 Å². The zero-order chi connectivity index (χ0) is 17.9. The van der Waals surface area contributed by atoms with Crippen molar-refractivity contribution in [3.8, 4) is 0 Å². The first-order chi connectivity index (χ1) is 12.7. The third kappa shape index (κ3) is 3.72. The third-order valence-corrected chi connectivity index (χ3v) is 5.56. The summed E-state index contributed by atoms with van der Waals surface area (Å²) < 4.78 is 13.5. The number of hydrogen-bond acceptors (Lipinski definition) is 0. The van der Waals surface area contributed by atoms with Crippen LogP contribution in [0.3, 0.4) is 0 Å². The zero-order valence-corrected chi connectivity index (χ0v) is 15.3. The second kappa shape index (κ2) is 7.45. The minimum atomic E-state index is -0.173. The maximum Gasteiger partial charge on any atom is 0.123 e. The van der Waals surface area contributed by atoms with Crippen LogP contribution in [0.15, 0.2) is 72.3 Å². The fraction of sp³-hybridized carbons (Fsp3) is 0.280. The molecule has 1 atom stereocenters. The Bertz CT molecular complexity index is 934. The van der Waals surface area contributed by atoms with E-state index in [1.54, 1.807) is 17.7 Å². The highest BCUT2D eigenvalue weighted by Gasteiger charge is 2.18. The third-order valence-electron chi connectivity index (χ3n) is 5.56. The minimum Gasteiger partial charge on any atom is -0.207 e. The van der Waals surface area contributed by atoms with Crippen LogP contribution in [0.25, 0.3) is 10.8 Å². The van der Waals surface area contributed by atoms with Gasteiger partial charge in [-0.3, -0.25) is 0 Å². The van der Waals surface area contributed by atoms with Crippen LogP contribution >= 0.6 is 0 Å². The summed E-state index contributed by atoms with van der Waals surface area (Å²) in [5, 5.41) is 2.08. The smallest absolute Gasteiger partial charge is 0.123 e.